The number of thiophene rings is 1. The maximum Gasteiger partial charge on any atom is 0.317 e. The molecule has 0 bridgehead atoms. The topological polar surface area (TPSA) is 61.6 Å². The summed E-state index contributed by atoms with van der Waals surface area (Å²) in [6, 6.07) is 10.4. The van der Waals surface area contributed by atoms with Gasteiger partial charge in [-0.2, -0.15) is 0 Å². The molecular weight excluding hydrogens is 367 g/mol. The number of hydrogen-bond donors (Lipinski definition) is 1. The molecule has 1 N–H and O–H groups in total. The number of anilines is 1. The van der Waals surface area contributed by atoms with Crippen LogP contribution in [0.25, 0.3) is 10.8 Å². The van der Waals surface area contributed by atoms with E-state index in [0.29, 0.717) is 50.0 Å². The summed E-state index contributed by atoms with van der Waals surface area (Å²) in [6.07, 6.45) is 1.56. The van der Waals surface area contributed by atoms with Crippen LogP contribution in [0.2, 0.25) is 0 Å². The Hall–Kier alpha value is -2.87. The van der Waals surface area contributed by atoms with Gasteiger partial charge in [0.25, 0.3) is 0 Å². The third-order valence-corrected chi connectivity index (χ3v) is 5.32. The highest BCUT2D eigenvalue weighted by Gasteiger charge is 2.22. The summed E-state index contributed by atoms with van der Waals surface area (Å²) in [5.41, 5.74) is 1.26. The predicted molar refractivity (Wildman–Crippen MR) is 102 cm³/mol. The maximum absolute atomic E-state index is 13.9. The lowest BCUT2D eigenvalue weighted by Gasteiger charge is -2.36. The van der Waals surface area contributed by atoms with Crippen molar-refractivity contribution < 1.29 is 13.6 Å². The van der Waals surface area contributed by atoms with E-state index in [0.717, 1.165) is 4.88 Å². The van der Waals surface area contributed by atoms with Crippen LogP contribution in [0.3, 0.4) is 0 Å². The molecule has 0 saturated carbocycles. The molecule has 1 aliphatic rings. The van der Waals surface area contributed by atoms with Crippen LogP contribution in [-0.4, -0.2) is 42.1 Å². The summed E-state index contributed by atoms with van der Waals surface area (Å²) in [4.78, 5) is 21.4. The van der Waals surface area contributed by atoms with Crippen LogP contribution in [0.4, 0.5) is 14.9 Å². The van der Waals surface area contributed by atoms with Gasteiger partial charge in [0.05, 0.1) is 22.8 Å². The summed E-state index contributed by atoms with van der Waals surface area (Å²) in [5.74, 6) is 0.329. The van der Waals surface area contributed by atoms with Gasteiger partial charge in [-0.05, 0) is 23.6 Å². The fourth-order valence-corrected chi connectivity index (χ4v) is 3.69. The molecule has 0 unspecified atom stereocenters. The summed E-state index contributed by atoms with van der Waals surface area (Å²) in [6.45, 7) is 2.59. The summed E-state index contributed by atoms with van der Waals surface area (Å²) < 4.78 is 19.3. The first-order valence-electron chi connectivity index (χ1n) is 8.71. The lowest BCUT2D eigenvalue weighted by Crippen LogP contribution is -2.51. The van der Waals surface area contributed by atoms with Gasteiger partial charge in [-0.3, -0.25) is 0 Å². The Labute approximate surface area is 160 Å². The number of benzene rings is 1. The molecule has 2 aromatic heterocycles. The van der Waals surface area contributed by atoms with Gasteiger partial charge < -0.3 is 19.5 Å². The number of piperazine rings is 1. The molecule has 0 aliphatic carbocycles. The van der Waals surface area contributed by atoms with E-state index in [2.05, 4.69) is 10.3 Å². The Balaban J connectivity index is 1.28. The van der Waals surface area contributed by atoms with Gasteiger partial charge in [0.15, 0.2) is 0 Å². The maximum atomic E-state index is 13.9. The second-order valence-electron chi connectivity index (χ2n) is 6.21. The number of nitrogens with zero attached hydrogens (tertiary/aromatic N) is 3. The van der Waals surface area contributed by atoms with E-state index >= 15 is 0 Å². The van der Waals surface area contributed by atoms with Gasteiger partial charge >= 0.3 is 6.03 Å². The zero-order valence-electron chi connectivity index (χ0n) is 14.6. The number of oxazole rings is 1. The SMILES string of the molecule is O=C(NCc1coc(-c2cccs2)n1)N1CCN(c2ccccc2F)CC1. The van der Waals surface area contributed by atoms with Crippen molar-refractivity contribution >= 4 is 23.1 Å². The highest BCUT2D eigenvalue weighted by molar-refractivity contribution is 7.13. The summed E-state index contributed by atoms with van der Waals surface area (Å²) in [7, 11) is 0. The van der Waals surface area contributed by atoms with Crippen LogP contribution in [0.1, 0.15) is 5.69 Å². The number of halogens is 1. The standard InChI is InChI=1S/C19H19FN4O2S/c20-15-4-1-2-5-16(15)23-7-9-24(10-8-23)19(25)21-12-14-13-26-18(22-14)17-6-3-11-27-17/h1-6,11,13H,7-10,12H2,(H,21,25). The van der Waals surface area contributed by atoms with Crippen molar-refractivity contribution in [2.75, 3.05) is 31.1 Å². The van der Waals surface area contributed by atoms with Crippen LogP contribution in [0.15, 0.2) is 52.5 Å². The van der Waals surface area contributed by atoms with Gasteiger partial charge in [0, 0.05) is 26.2 Å². The Bertz CT molecular complexity index is 904. The first-order chi connectivity index (χ1) is 13.2. The highest BCUT2D eigenvalue weighted by Crippen LogP contribution is 2.23. The van der Waals surface area contributed by atoms with Gasteiger partial charge in [-0.1, -0.05) is 18.2 Å². The molecule has 8 heteroatoms. The summed E-state index contributed by atoms with van der Waals surface area (Å²) in [5, 5.41) is 4.83. The van der Waals surface area contributed by atoms with Gasteiger partial charge in [0.2, 0.25) is 5.89 Å². The second-order valence-corrected chi connectivity index (χ2v) is 7.15. The van der Waals surface area contributed by atoms with Crippen molar-refractivity contribution in [2.45, 2.75) is 6.54 Å². The zero-order chi connectivity index (χ0) is 18.6. The number of urea groups is 1. The molecule has 1 fully saturated rings. The molecule has 0 spiro atoms. The number of rotatable bonds is 4. The van der Waals surface area contributed by atoms with Crippen molar-refractivity contribution in [1.82, 2.24) is 15.2 Å². The molecule has 2 amide bonds. The molecule has 1 saturated heterocycles. The zero-order valence-corrected chi connectivity index (χ0v) is 15.4. The molecule has 0 atom stereocenters. The quantitative estimate of drug-likeness (QED) is 0.745. The number of amides is 2. The molecule has 0 radical (unpaired) electrons. The molecule has 4 rings (SSSR count). The van der Waals surface area contributed by atoms with Crippen molar-refractivity contribution in [3.8, 4) is 10.8 Å². The minimum Gasteiger partial charge on any atom is -0.443 e. The van der Waals surface area contributed by atoms with E-state index in [-0.39, 0.29) is 11.8 Å². The van der Waals surface area contributed by atoms with Crippen molar-refractivity contribution in [3.63, 3.8) is 0 Å². The minimum absolute atomic E-state index is 0.149. The van der Waals surface area contributed by atoms with E-state index in [1.54, 1.807) is 34.6 Å². The van der Waals surface area contributed by atoms with Crippen molar-refractivity contribution in [2.24, 2.45) is 0 Å². The third kappa shape index (κ3) is 3.95. The lowest BCUT2D eigenvalue weighted by atomic mass is 10.2. The number of aromatic nitrogens is 1. The fourth-order valence-electron chi connectivity index (χ4n) is 3.04. The molecule has 3 aromatic rings. The van der Waals surface area contributed by atoms with Crippen molar-refractivity contribution in [3.05, 3.63) is 59.6 Å². The average molecular weight is 386 g/mol. The Morgan fingerprint density at radius 1 is 1.19 bits per heavy atom. The first kappa shape index (κ1) is 17.5. The predicted octanol–water partition coefficient (Wildman–Crippen LogP) is 3.57. The molecule has 140 valence electrons. The number of hydrogen-bond acceptors (Lipinski definition) is 5. The van der Waals surface area contributed by atoms with Gasteiger partial charge in [-0.15, -0.1) is 11.3 Å². The van der Waals surface area contributed by atoms with Crippen LogP contribution in [0, 0.1) is 5.82 Å². The number of carbonyl (C=O) groups excluding carboxylic acids is 1. The second kappa shape index (κ2) is 7.79. The van der Waals surface area contributed by atoms with E-state index in [1.165, 1.54) is 6.07 Å². The molecule has 3 heterocycles. The Morgan fingerprint density at radius 2 is 2.00 bits per heavy atom. The van der Waals surface area contributed by atoms with E-state index in [1.807, 2.05) is 28.5 Å². The normalized spacial score (nSPS) is 14.4. The van der Waals surface area contributed by atoms with Gasteiger partial charge in [-0.25, -0.2) is 14.2 Å². The summed E-state index contributed by atoms with van der Waals surface area (Å²) >= 11 is 1.55. The number of nitrogens with one attached hydrogen (secondary N) is 1. The molecular formula is C19H19FN4O2S. The van der Waals surface area contributed by atoms with E-state index in [4.69, 9.17) is 4.42 Å². The van der Waals surface area contributed by atoms with E-state index in [9.17, 15) is 9.18 Å². The van der Waals surface area contributed by atoms with Crippen LogP contribution in [-0.2, 0) is 6.54 Å². The average Bonchev–Trinajstić information content (AvgIpc) is 3.38. The van der Waals surface area contributed by atoms with Gasteiger partial charge in [0.1, 0.15) is 12.1 Å². The smallest absolute Gasteiger partial charge is 0.317 e. The first-order valence-corrected chi connectivity index (χ1v) is 9.59. The third-order valence-electron chi connectivity index (χ3n) is 4.46. The minimum atomic E-state index is -0.233. The highest BCUT2D eigenvalue weighted by atomic mass is 32.1. The fraction of sp³-hybridized carbons (Fsp3) is 0.263. The number of carbonyl (C=O) groups is 1. The molecule has 27 heavy (non-hydrogen) atoms. The Kier molecular flexibility index (Phi) is 5.06. The lowest BCUT2D eigenvalue weighted by molar-refractivity contribution is 0.193. The van der Waals surface area contributed by atoms with Crippen LogP contribution < -0.4 is 10.2 Å². The molecule has 1 aliphatic heterocycles. The molecule has 6 nitrogen and oxygen atoms in total. The molecule has 1 aromatic carbocycles. The number of para-hydroxylation sites is 1. The van der Waals surface area contributed by atoms with E-state index < -0.39 is 0 Å². The Morgan fingerprint density at radius 3 is 2.74 bits per heavy atom. The largest absolute Gasteiger partial charge is 0.443 e. The van der Waals surface area contributed by atoms with Crippen LogP contribution >= 0.6 is 11.3 Å². The van der Waals surface area contributed by atoms with Crippen LogP contribution in [0.5, 0.6) is 0 Å². The monoisotopic (exact) mass is 386 g/mol. The van der Waals surface area contributed by atoms with Crippen molar-refractivity contribution in [1.29, 1.82) is 0 Å².